The summed E-state index contributed by atoms with van der Waals surface area (Å²) >= 11 is 6.43. The summed E-state index contributed by atoms with van der Waals surface area (Å²) in [6, 6.07) is 13.5. The van der Waals surface area contributed by atoms with Gasteiger partial charge >= 0.3 is 0 Å². The van der Waals surface area contributed by atoms with E-state index >= 15 is 0 Å². The van der Waals surface area contributed by atoms with E-state index in [1.807, 2.05) is 19.1 Å². The number of nitrogens with zero attached hydrogens (tertiary/aromatic N) is 1. The topological polar surface area (TPSA) is 66.8 Å². The van der Waals surface area contributed by atoms with Gasteiger partial charge in [0.1, 0.15) is 5.76 Å². The molecular weight excluding hydrogens is 390 g/mol. The van der Waals surface area contributed by atoms with Crippen molar-refractivity contribution in [2.75, 3.05) is 13.2 Å². The van der Waals surface area contributed by atoms with Crippen molar-refractivity contribution in [2.24, 2.45) is 0 Å². The predicted octanol–water partition coefficient (Wildman–Crippen LogP) is 4.25. The number of carbonyl (C=O) groups excluding carboxylic acids is 2. The van der Waals surface area contributed by atoms with E-state index in [0.29, 0.717) is 22.8 Å². The third kappa shape index (κ3) is 3.68. The molecule has 2 atom stereocenters. The molecule has 2 aromatic rings. The van der Waals surface area contributed by atoms with Crippen molar-refractivity contribution >= 4 is 29.1 Å². The molecule has 4 rings (SSSR count). The van der Waals surface area contributed by atoms with Gasteiger partial charge in [-0.1, -0.05) is 59.6 Å². The highest BCUT2D eigenvalue weighted by atomic mass is 35.5. The Morgan fingerprint density at radius 2 is 1.90 bits per heavy atom. The zero-order valence-corrected chi connectivity index (χ0v) is 16.9. The van der Waals surface area contributed by atoms with Crippen LogP contribution in [0.3, 0.4) is 0 Å². The van der Waals surface area contributed by atoms with Crippen LogP contribution in [0.1, 0.15) is 35.6 Å². The number of aryl methyl sites for hydroxylation is 1. The average Bonchev–Trinajstić information content (AvgIpc) is 3.31. The number of amides is 1. The minimum absolute atomic E-state index is 0.0601. The van der Waals surface area contributed by atoms with Gasteiger partial charge in [-0.15, -0.1) is 0 Å². The van der Waals surface area contributed by atoms with Crippen LogP contribution in [0, 0.1) is 6.92 Å². The standard InChI is InChI=1S/C23H22ClNO4/c1-14-8-10-15(11-9-14)21(26)19-20(17-6-2-3-7-18(17)24)25(23(28)22(19)27)13-16-5-4-12-29-16/h2-3,6-11,16,20,26H,4-5,12-13H2,1H3/t16-,20+/m1/s1. The monoisotopic (exact) mass is 411 g/mol. The van der Waals surface area contributed by atoms with Crippen molar-refractivity contribution in [3.05, 3.63) is 75.8 Å². The number of hydrogen-bond donors (Lipinski definition) is 1. The number of ketones is 1. The van der Waals surface area contributed by atoms with Crippen LogP contribution in [0.15, 0.2) is 54.1 Å². The molecule has 2 fully saturated rings. The van der Waals surface area contributed by atoms with Gasteiger partial charge in [0.15, 0.2) is 0 Å². The molecule has 0 bridgehead atoms. The Morgan fingerprint density at radius 3 is 2.55 bits per heavy atom. The SMILES string of the molecule is Cc1ccc(C(O)=C2C(=O)C(=O)N(C[C@H]3CCCO3)[C@H]2c2ccccc2Cl)cc1. The summed E-state index contributed by atoms with van der Waals surface area (Å²) in [7, 11) is 0. The zero-order chi connectivity index (χ0) is 20.5. The first-order chi connectivity index (χ1) is 14.0. The second kappa shape index (κ2) is 8.01. The molecule has 0 aromatic heterocycles. The third-order valence-corrected chi connectivity index (χ3v) is 5.83. The molecule has 2 saturated heterocycles. The van der Waals surface area contributed by atoms with Crippen LogP contribution in [-0.2, 0) is 14.3 Å². The van der Waals surface area contributed by atoms with Crippen molar-refractivity contribution in [2.45, 2.75) is 31.9 Å². The quantitative estimate of drug-likeness (QED) is 0.464. The Morgan fingerprint density at radius 1 is 1.17 bits per heavy atom. The summed E-state index contributed by atoms with van der Waals surface area (Å²) in [5, 5.41) is 11.4. The second-order valence-corrected chi connectivity index (χ2v) is 7.88. The summed E-state index contributed by atoms with van der Waals surface area (Å²) < 4.78 is 5.69. The maximum Gasteiger partial charge on any atom is 0.295 e. The molecule has 2 aliphatic rings. The summed E-state index contributed by atoms with van der Waals surface area (Å²) in [6.07, 6.45) is 1.63. The fourth-order valence-corrected chi connectivity index (χ4v) is 4.20. The second-order valence-electron chi connectivity index (χ2n) is 7.47. The third-order valence-electron chi connectivity index (χ3n) is 5.49. The van der Waals surface area contributed by atoms with Crippen LogP contribution in [-0.4, -0.2) is 41.0 Å². The largest absolute Gasteiger partial charge is 0.507 e. The normalized spacial score (nSPS) is 23.7. The molecule has 29 heavy (non-hydrogen) atoms. The molecule has 1 N–H and O–H groups in total. The Hall–Kier alpha value is -2.63. The number of aliphatic hydroxyl groups excluding tert-OH is 1. The summed E-state index contributed by atoms with van der Waals surface area (Å²) in [5.41, 5.74) is 2.19. The lowest BCUT2D eigenvalue weighted by molar-refractivity contribution is -0.140. The van der Waals surface area contributed by atoms with Gasteiger partial charge < -0.3 is 14.7 Å². The minimum Gasteiger partial charge on any atom is -0.507 e. The summed E-state index contributed by atoms with van der Waals surface area (Å²) in [6.45, 7) is 2.87. The van der Waals surface area contributed by atoms with E-state index in [4.69, 9.17) is 16.3 Å². The summed E-state index contributed by atoms with van der Waals surface area (Å²) in [4.78, 5) is 27.4. The minimum atomic E-state index is -0.755. The van der Waals surface area contributed by atoms with E-state index in [1.54, 1.807) is 36.4 Å². The van der Waals surface area contributed by atoms with Gasteiger partial charge in [0, 0.05) is 23.7 Å². The first kappa shape index (κ1) is 19.7. The molecule has 2 aliphatic heterocycles. The van der Waals surface area contributed by atoms with E-state index in [1.165, 1.54) is 4.90 Å². The number of ether oxygens (including phenoxy) is 1. The van der Waals surface area contributed by atoms with Crippen LogP contribution < -0.4 is 0 Å². The number of benzene rings is 2. The van der Waals surface area contributed by atoms with Gasteiger partial charge in [-0.05, 0) is 31.4 Å². The fraction of sp³-hybridized carbons (Fsp3) is 0.304. The molecule has 0 spiro atoms. The van der Waals surface area contributed by atoms with E-state index < -0.39 is 17.7 Å². The number of likely N-dealkylation sites (tertiary alicyclic amines) is 1. The molecular formula is C23H22ClNO4. The fourth-order valence-electron chi connectivity index (χ4n) is 3.96. The Kier molecular flexibility index (Phi) is 5.43. The maximum absolute atomic E-state index is 13.0. The summed E-state index contributed by atoms with van der Waals surface area (Å²) in [5.74, 6) is -1.53. The van der Waals surface area contributed by atoms with E-state index in [0.717, 1.165) is 18.4 Å². The Bertz CT molecular complexity index is 977. The van der Waals surface area contributed by atoms with Crippen LogP contribution >= 0.6 is 11.6 Å². The van der Waals surface area contributed by atoms with Gasteiger partial charge in [-0.2, -0.15) is 0 Å². The number of halogens is 1. The van der Waals surface area contributed by atoms with Crippen molar-refractivity contribution in [3.63, 3.8) is 0 Å². The van der Waals surface area contributed by atoms with Crippen molar-refractivity contribution in [1.29, 1.82) is 0 Å². The highest BCUT2D eigenvalue weighted by Crippen LogP contribution is 2.42. The average molecular weight is 412 g/mol. The molecule has 2 aromatic carbocycles. The number of aliphatic hydroxyl groups is 1. The van der Waals surface area contributed by atoms with Gasteiger partial charge in [0.25, 0.3) is 11.7 Å². The van der Waals surface area contributed by atoms with Gasteiger partial charge in [0.05, 0.1) is 17.7 Å². The van der Waals surface area contributed by atoms with Crippen LogP contribution in [0.4, 0.5) is 0 Å². The van der Waals surface area contributed by atoms with Gasteiger partial charge in [0.2, 0.25) is 0 Å². The highest BCUT2D eigenvalue weighted by Gasteiger charge is 2.47. The molecule has 0 radical (unpaired) electrons. The Balaban J connectivity index is 1.84. The lowest BCUT2D eigenvalue weighted by Gasteiger charge is -2.28. The van der Waals surface area contributed by atoms with Crippen molar-refractivity contribution in [1.82, 2.24) is 4.90 Å². The van der Waals surface area contributed by atoms with E-state index in [9.17, 15) is 14.7 Å². The van der Waals surface area contributed by atoms with E-state index in [-0.39, 0.29) is 24.0 Å². The highest BCUT2D eigenvalue weighted by molar-refractivity contribution is 6.47. The first-order valence-corrected chi connectivity index (χ1v) is 10.1. The maximum atomic E-state index is 13.0. The lowest BCUT2D eigenvalue weighted by atomic mass is 9.95. The number of hydrogen-bond acceptors (Lipinski definition) is 4. The number of carbonyl (C=O) groups is 2. The van der Waals surface area contributed by atoms with Crippen LogP contribution in [0.2, 0.25) is 5.02 Å². The van der Waals surface area contributed by atoms with Crippen molar-refractivity contribution < 1.29 is 19.4 Å². The van der Waals surface area contributed by atoms with E-state index in [2.05, 4.69) is 0 Å². The lowest BCUT2D eigenvalue weighted by Crippen LogP contribution is -2.36. The first-order valence-electron chi connectivity index (χ1n) is 9.69. The molecule has 150 valence electrons. The molecule has 5 nitrogen and oxygen atoms in total. The molecule has 1 amide bonds. The smallest absolute Gasteiger partial charge is 0.295 e. The Labute approximate surface area is 174 Å². The molecule has 2 heterocycles. The predicted molar refractivity (Wildman–Crippen MR) is 111 cm³/mol. The molecule has 6 heteroatoms. The van der Waals surface area contributed by atoms with Crippen LogP contribution in [0.25, 0.3) is 5.76 Å². The molecule has 0 unspecified atom stereocenters. The molecule has 0 aliphatic carbocycles. The van der Waals surface area contributed by atoms with Gasteiger partial charge in [-0.25, -0.2) is 0 Å². The molecule has 0 saturated carbocycles. The number of rotatable bonds is 4. The zero-order valence-electron chi connectivity index (χ0n) is 16.1. The van der Waals surface area contributed by atoms with Gasteiger partial charge in [-0.3, -0.25) is 9.59 Å². The van der Waals surface area contributed by atoms with Crippen LogP contribution in [0.5, 0.6) is 0 Å². The van der Waals surface area contributed by atoms with Crippen molar-refractivity contribution in [3.8, 4) is 0 Å². The number of Topliss-reactive ketones (excluding diaryl/α,β-unsaturated/α-hetero) is 1.